The summed E-state index contributed by atoms with van der Waals surface area (Å²) in [5.41, 5.74) is 3.85. The standard InChI is InChI=1S/C15H21N3/c1-17(2)12-14-6-4-5-7-15(14)16-10-13-8-9-18(3)11-13/h4-9,11,16H,10,12H2,1-3H3. The summed E-state index contributed by atoms with van der Waals surface area (Å²) in [6.07, 6.45) is 4.21. The van der Waals surface area contributed by atoms with Crippen molar-refractivity contribution in [3.8, 4) is 0 Å². The van der Waals surface area contributed by atoms with Crippen LogP contribution < -0.4 is 5.32 Å². The Balaban J connectivity index is 2.04. The number of rotatable bonds is 5. The number of benzene rings is 1. The third-order valence-corrected chi connectivity index (χ3v) is 2.88. The van der Waals surface area contributed by atoms with E-state index in [1.54, 1.807) is 0 Å². The quantitative estimate of drug-likeness (QED) is 0.871. The molecule has 1 N–H and O–H groups in total. The minimum absolute atomic E-state index is 0.866. The molecular formula is C15H21N3. The Morgan fingerprint density at radius 3 is 2.61 bits per heavy atom. The van der Waals surface area contributed by atoms with Crippen LogP contribution in [0.5, 0.6) is 0 Å². The Kier molecular flexibility index (Phi) is 4.05. The molecule has 1 aromatic carbocycles. The summed E-state index contributed by atoms with van der Waals surface area (Å²) in [6.45, 7) is 1.82. The first-order valence-electron chi connectivity index (χ1n) is 6.22. The first-order valence-corrected chi connectivity index (χ1v) is 6.22. The van der Waals surface area contributed by atoms with Gasteiger partial charge in [0.05, 0.1) is 0 Å². The molecule has 2 rings (SSSR count). The van der Waals surface area contributed by atoms with Gasteiger partial charge in [0.2, 0.25) is 0 Å². The summed E-state index contributed by atoms with van der Waals surface area (Å²) >= 11 is 0. The van der Waals surface area contributed by atoms with Crippen LogP contribution in [0.1, 0.15) is 11.1 Å². The van der Waals surface area contributed by atoms with E-state index in [1.165, 1.54) is 16.8 Å². The van der Waals surface area contributed by atoms with Gasteiger partial charge in [-0.15, -0.1) is 0 Å². The molecule has 1 aromatic heterocycles. The van der Waals surface area contributed by atoms with Crippen LogP contribution in [0.4, 0.5) is 5.69 Å². The molecule has 2 aromatic rings. The Hall–Kier alpha value is -1.74. The van der Waals surface area contributed by atoms with E-state index in [1.807, 2.05) is 7.05 Å². The van der Waals surface area contributed by atoms with Crippen molar-refractivity contribution in [1.82, 2.24) is 9.47 Å². The minimum Gasteiger partial charge on any atom is -0.381 e. The van der Waals surface area contributed by atoms with Gasteiger partial charge in [-0.1, -0.05) is 18.2 Å². The lowest BCUT2D eigenvalue weighted by atomic mass is 10.1. The van der Waals surface area contributed by atoms with E-state index in [9.17, 15) is 0 Å². The summed E-state index contributed by atoms with van der Waals surface area (Å²) < 4.78 is 2.07. The van der Waals surface area contributed by atoms with Crippen LogP contribution in [0.15, 0.2) is 42.7 Å². The first-order chi connectivity index (χ1) is 8.65. The van der Waals surface area contributed by atoms with E-state index in [2.05, 4.69) is 71.6 Å². The highest BCUT2D eigenvalue weighted by Crippen LogP contribution is 2.17. The van der Waals surface area contributed by atoms with Crippen molar-refractivity contribution in [2.45, 2.75) is 13.1 Å². The van der Waals surface area contributed by atoms with Crippen LogP contribution in [0.3, 0.4) is 0 Å². The summed E-state index contributed by atoms with van der Waals surface area (Å²) in [5, 5.41) is 3.51. The van der Waals surface area contributed by atoms with Gasteiger partial charge >= 0.3 is 0 Å². The molecule has 0 aliphatic heterocycles. The number of hydrogen-bond donors (Lipinski definition) is 1. The highest BCUT2D eigenvalue weighted by atomic mass is 15.1. The van der Waals surface area contributed by atoms with Gasteiger partial charge in [0.25, 0.3) is 0 Å². The molecule has 3 heteroatoms. The van der Waals surface area contributed by atoms with Gasteiger partial charge in [0.1, 0.15) is 0 Å². The maximum Gasteiger partial charge on any atom is 0.0415 e. The minimum atomic E-state index is 0.866. The van der Waals surface area contributed by atoms with Gasteiger partial charge in [-0.3, -0.25) is 0 Å². The van der Waals surface area contributed by atoms with Crippen LogP contribution in [-0.2, 0) is 20.1 Å². The van der Waals surface area contributed by atoms with Gasteiger partial charge in [0, 0.05) is 38.2 Å². The molecule has 0 aliphatic rings. The van der Waals surface area contributed by atoms with Crippen LogP contribution in [-0.4, -0.2) is 23.6 Å². The third-order valence-electron chi connectivity index (χ3n) is 2.88. The zero-order valence-electron chi connectivity index (χ0n) is 11.4. The summed E-state index contributed by atoms with van der Waals surface area (Å²) in [6, 6.07) is 10.6. The van der Waals surface area contributed by atoms with Gasteiger partial charge in [0.15, 0.2) is 0 Å². The smallest absolute Gasteiger partial charge is 0.0415 e. The van der Waals surface area contributed by atoms with E-state index in [4.69, 9.17) is 0 Å². The fourth-order valence-corrected chi connectivity index (χ4v) is 2.03. The molecule has 0 unspecified atom stereocenters. The fourth-order valence-electron chi connectivity index (χ4n) is 2.03. The Morgan fingerprint density at radius 1 is 1.17 bits per heavy atom. The van der Waals surface area contributed by atoms with E-state index in [0.29, 0.717) is 0 Å². The topological polar surface area (TPSA) is 20.2 Å². The average molecular weight is 243 g/mol. The highest BCUT2D eigenvalue weighted by molar-refractivity contribution is 5.51. The zero-order chi connectivity index (χ0) is 13.0. The summed E-state index contributed by atoms with van der Waals surface area (Å²) in [7, 11) is 6.23. The molecule has 0 saturated heterocycles. The predicted molar refractivity (Wildman–Crippen MR) is 76.6 cm³/mol. The molecule has 0 saturated carbocycles. The molecule has 3 nitrogen and oxygen atoms in total. The number of hydrogen-bond acceptors (Lipinski definition) is 2. The van der Waals surface area contributed by atoms with Gasteiger partial charge < -0.3 is 14.8 Å². The van der Waals surface area contributed by atoms with Crippen molar-refractivity contribution in [3.63, 3.8) is 0 Å². The number of nitrogens with one attached hydrogen (secondary N) is 1. The Bertz CT molecular complexity index is 500. The Morgan fingerprint density at radius 2 is 1.94 bits per heavy atom. The predicted octanol–water partition coefficient (Wildman–Crippen LogP) is 2.70. The summed E-state index contributed by atoms with van der Waals surface area (Å²) in [4.78, 5) is 2.18. The second-order valence-electron chi connectivity index (χ2n) is 4.93. The van der Waals surface area contributed by atoms with E-state index >= 15 is 0 Å². The second kappa shape index (κ2) is 5.74. The maximum atomic E-state index is 3.51. The average Bonchev–Trinajstić information content (AvgIpc) is 2.73. The van der Waals surface area contributed by atoms with Crippen LogP contribution in [0.2, 0.25) is 0 Å². The number of aromatic nitrogens is 1. The van der Waals surface area contributed by atoms with Crippen molar-refractivity contribution >= 4 is 5.69 Å². The molecule has 0 fully saturated rings. The number of anilines is 1. The molecule has 0 spiro atoms. The lowest BCUT2D eigenvalue weighted by molar-refractivity contribution is 0.403. The van der Waals surface area contributed by atoms with Crippen LogP contribution in [0.25, 0.3) is 0 Å². The van der Waals surface area contributed by atoms with E-state index in [0.717, 1.165) is 13.1 Å². The molecular weight excluding hydrogens is 222 g/mol. The number of para-hydroxylation sites is 1. The van der Waals surface area contributed by atoms with E-state index < -0.39 is 0 Å². The molecule has 96 valence electrons. The van der Waals surface area contributed by atoms with Crippen LogP contribution >= 0.6 is 0 Å². The molecule has 0 radical (unpaired) electrons. The van der Waals surface area contributed by atoms with E-state index in [-0.39, 0.29) is 0 Å². The third kappa shape index (κ3) is 3.37. The monoisotopic (exact) mass is 243 g/mol. The molecule has 0 amide bonds. The fraction of sp³-hybridized carbons (Fsp3) is 0.333. The lowest BCUT2D eigenvalue weighted by Gasteiger charge is -2.15. The number of nitrogens with zero attached hydrogens (tertiary/aromatic N) is 2. The highest BCUT2D eigenvalue weighted by Gasteiger charge is 2.03. The molecule has 0 bridgehead atoms. The molecule has 18 heavy (non-hydrogen) atoms. The van der Waals surface area contributed by atoms with Crippen molar-refractivity contribution in [2.24, 2.45) is 7.05 Å². The molecule has 0 aliphatic carbocycles. The SMILES string of the molecule is CN(C)Cc1ccccc1NCc1ccn(C)c1. The number of aryl methyl sites for hydroxylation is 1. The molecule has 0 atom stereocenters. The van der Waals surface area contributed by atoms with Crippen molar-refractivity contribution in [3.05, 3.63) is 53.9 Å². The maximum absolute atomic E-state index is 3.51. The molecule has 1 heterocycles. The van der Waals surface area contributed by atoms with Gasteiger partial charge in [-0.25, -0.2) is 0 Å². The summed E-state index contributed by atoms with van der Waals surface area (Å²) in [5.74, 6) is 0. The zero-order valence-corrected chi connectivity index (χ0v) is 11.4. The van der Waals surface area contributed by atoms with Gasteiger partial charge in [-0.05, 0) is 37.4 Å². The first kappa shape index (κ1) is 12.7. The van der Waals surface area contributed by atoms with Crippen molar-refractivity contribution < 1.29 is 0 Å². The normalized spacial score (nSPS) is 10.9. The second-order valence-corrected chi connectivity index (χ2v) is 4.93. The van der Waals surface area contributed by atoms with Crippen molar-refractivity contribution in [1.29, 1.82) is 0 Å². The largest absolute Gasteiger partial charge is 0.381 e. The van der Waals surface area contributed by atoms with Crippen LogP contribution in [0, 0.1) is 0 Å². The lowest BCUT2D eigenvalue weighted by Crippen LogP contribution is -2.12. The Labute approximate surface area is 109 Å². The van der Waals surface area contributed by atoms with Crippen molar-refractivity contribution in [2.75, 3.05) is 19.4 Å². The van der Waals surface area contributed by atoms with Gasteiger partial charge in [-0.2, -0.15) is 0 Å².